The van der Waals surface area contributed by atoms with Gasteiger partial charge in [0.25, 0.3) is 0 Å². The Labute approximate surface area is 145 Å². The van der Waals surface area contributed by atoms with Crippen LogP contribution in [0, 0.1) is 0 Å². The van der Waals surface area contributed by atoms with Gasteiger partial charge in [0.1, 0.15) is 0 Å². The van der Waals surface area contributed by atoms with Crippen molar-refractivity contribution in [3.05, 3.63) is 24.3 Å². The van der Waals surface area contributed by atoms with E-state index in [4.69, 9.17) is 33.1 Å². The summed E-state index contributed by atoms with van der Waals surface area (Å²) in [6, 6.07) is 6.47. The van der Waals surface area contributed by atoms with Crippen molar-refractivity contribution in [2.24, 2.45) is 22.9 Å². The molecule has 1 rings (SSSR count). The molecule has 9 nitrogen and oxygen atoms in total. The molecule has 0 aliphatic carbocycles. The van der Waals surface area contributed by atoms with E-state index in [1.807, 2.05) is 13.8 Å². The fraction of sp³-hybridized carbons (Fsp3) is 0.500. The second-order valence-electron chi connectivity index (χ2n) is 3.91. The third-order valence-corrected chi connectivity index (χ3v) is 1.63. The maximum absolute atomic E-state index is 8.67. The summed E-state index contributed by atoms with van der Waals surface area (Å²) < 4.78 is 0. The Kier molecular flexibility index (Phi) is 42.9. The predicted molar refractivity (Wildman–Crippen MR) is 77.2 cm³/mol. The predicted octanol–water partition coefficient (Wildman–Crippen LogP) is -0.676. The average molecular weight is 402 g/mol. The normalized spacial score (nSPS) is 10.1. The summed E-state index contributed by atoms with van der Waals surface area (Å²) in [4.78, 5) is 0. The standard InChI is InChI=1S/C6H6O2.2C3H10N2.Mo.3O/c7-5-3-1-2-4-6(5)8;2*1-3(5)2-4;;;;/h1-4,7-8H;2*3H,2,4-5H2,1H3;;;;/q;;;;3*-2. The van der Waals surface area contributed by atoms with E-state index < -0.39 is 0 Å². The third-order valence-electron chi connectivity index (χ3n) is 1.63. The Morgan fingerprint density at radius 3 is 1.09 bits per heavy atom. The molecule has 0 aliphatic rings. The monoisotopic (exact) mass is 404 g/mol. The maximum atomic E-state index is 8.67. The van der Waals surface area contributed by atoms with E-state index in [2.05, 4.69) is 0 Å². The number of phenols is 2. The van der Waals surface area contributed by atoms with Crippen molar-refractivity contribution in [2.75, 3.05) is 13.1 Å². The van der Waals surface area contributed by atoms with Crippen LogP contribution in [0.4, 0.5) is 0 Å². The zero-order valence-corrected chi connectivity index (χ0v) is 14.7. The molecule has 2 unspecified atom stereocenters. The number of benzene rings is 1. The van der Waals surface area contributed by atoms with Crippen LogP contribution in [0.3, 0.4) is 0 Å². The van der Waals surface area contributed by atoms with Crippen molar-refractivity contribution in [1.29, 1.82) is 0 Å². The first-order valence-corrected chi connectivity index (χ1v) is 5.73. The quantitative estimate of drug-likeness (QED) is 0.277. The van der Waals surface area contributed by atoms with Crippen LogP contribution < -0.4 is 22.9 Å². The first-order chi connectivity index (χ1) is 8.34. The molecule has 0 saturated heterocycles. The second kappa shape index (κ2) is 25.2. The first kappa shape index (κ1) is 37.5. The van der Waals surface area contributed by atoms with Gasteiger partial charge >= 0.3 is 0 Å². The van der Waals surface area contributed by atoms with Gasteiger partial charge in [-0.15, -0.1) is 0 Å². The summed E-state index contributed by atoms with van der Waals surface area (Å²) >= 11 is 0. The van der Waals surface area contributed by atoms with E-state index in [1.165, 1.54) is 12.1 Å². The Morgan fingerprint density at radius 2 is 1.00 bits per heavy atom. The molecule has 10 N–H and O–H groups in total. The van der Waals surface area contributed by atoms with E-state index in [0.29, 0.717) is 13.1 Å². The molecule has 1 aromatic carbocycles. The molecule has 2 atom stereocenters. The fourth-order valence-corrected chi connectivity index (χ4v) is 0.464. The van der Waals surface area contributed by atoms with Gasteiger partial charge in [0.15, 0.2) is 11.5 Å². The van der Waals surface area contributed by atoms with Crippen LogP contribution in [0.15, 0.2) is 24.3 Å². The van der Waals surface area contributed by atoms with Crippen molar-refractivity contribution in [2.45, 2.75) is 25.9 Å². The van der Waals surface area contributed by atoms with Gasteiger partial charge in [-0.05, 0) is 26.0 Å². The molecule has 0 amide bonds. The Balaban J connectivity index is -0.0000000417. The molecule has 0 aromatic heterocycles. The molecule has 0 radical (unpaired) electrons. The van der Waals surface area contributed by atoms with Crippen molar-refractivity contribution in [3.8, 4) is 11.5 Å². The minimum atomic E-state index is -0.0764. The van der Waals surface area contributed by atoms with Crippen LogP contribution in [0.1, 0.15) is 13.8 Å². The largest absolute Gasteiger partial charge is 2.00 e. The van der Waals surface area contributed by atoms with Gasteiger partial charge < -0.3 is 49.6 Å². The van der Waals surface area contributed by atoms with Crippen LogP contribution in [0.2, 0.25) is 0 Å². The SMILES string of the molecule is CC(N)CN.CC(N)CN.Oc1ccccc1O.[Mo].[O-2].[O-2].[O-2]. The number of para-hydroxylation sites is 2. The summed E-state index contributed by atoms with van der Waals surface area (Å²) in [6.07, 6.45) is 0. The van der Waals surface area contributed by atoms with Crippen LogP contribution in [-0.4, -0.2) is 35.4 Å². The smallest absolute Gasteiger partial charge is 0.157 e. The zero-order valence-electron chi connectivity index (χ0n) is 12.7. The first-order valence-electron chi connectivity index (χ1n) is 5.73. The fourth-order valence-electron chi connectivity index (χ4n) is 0.464. The van der Waals surface area contributed by atoms with Gasteiger partial charge in [0.2, 0.25) is 0 Å². The van der Waals surface area contributed by atoms with E-state index in [1.54, 1.807) is 12.1 Å². The van der Waals surface area contributed by atoms with E-state index in [-0.39, 0.29) is 61.1 Å². The summed E-state index contributed by atoms with van der Waals surface area (Å²) in [5.74, 6) is -0.153. The molecular weight excluding hydrogens is 376 g/mol. The third kappa shape index (κ3) is 31.6. The van der Waals surface area contributed by atoms with Crippen molar-refractivity contribution in [3.63, 3.8) is 0 Å². The van der Waals surface area contributed by atoms with Gasteiger partial charge in [0.05, 0.1) is 0 Å². The molecule has 0 bridgehead atoms. The Hall–Kier alpha value is -0.772. The number of phenolic OH excluding ortho intramolecular Hbond substituents is 2. The topological polar surface area (TPSA) is 230 Å². The minimum absolute atomic E-state index is 0. The molecule has 10 heteroatoms. The molecule has 1 aromatic rings. The number of hydrogen-bond donors (Lipinski definition) is 6. The van der Waals surface area contributed by atoms with Crippen LogP contribution in [-0.2, 0) is 37.5 Å². The Morgan fingerprint density at radius 1 is 0.818 bits per heavy atom. The Bertz CT molecular complexity index is 278. The number of nitrogens with two attached hydrogens (primary N) is 4. The molecule has 22 heavy (non-hydrogen) atoms. The van der Waals surface area contributed by atoms with Crippen molar-refractivity contribution in [1.82, 2.24) is 0 Å². The van der Waals surface area contributed by atoms with Gasteiger partial charge in [-0.25, -0.2) is 0 Å². The van der Waals surface area contributed by atoms with Gasteiger partial charge in [-0.1, -0.05) is 12.1 Å². The summed E-state index contributed by atoms with van der Waals surface area (Å²) in [6.45, 7) is 4.92. The maximum Gasteiger partial charge on any atom is 0.157 e. The molecule has 0 spiro atoms. The molecule has 0 fully saturated rings. The summed E-state index contributed by atoms with van der Waals surface area (Å²) in [5.41, 5.74) is 20.4. The summed E-state index contributed by atoms with van der Waals surface area (Å²) in [7, 11) is 0. The zero-order chi connectivity index (χ0) is 14.6. The minimum Gasteiger partial charge on any atom is -2.00 e. The van der Waals surface area contributed by atoms with Gasteiger partial charge in [0, 0.05) is 46.2 Å². The van der Waals surface area contributed by atoms with Gasteiger partial charge in [-0.2, -0.15) is 0 Å². The van der Waals surface area contributed by atoms with Crippen LogP contribution in [0.5, 0.6) is 11.5 Å². The second-order valence-corrected chi connectivity index (χ2v) is 3.91. The molecule has 0 saturated carbocycles. The van der Waals surface area contributed by atoms with Crippen LogP contribution in [0.25, 0.3) is 0 Å². The number of rotatable bonds is 2. The van der Waals surface area contributed by atoms with Gasteiger partial charge in [-0.3, -0.25) is 0 Å². The van der Waals surface area contributed by atoms with Crippen molar-refractivity contribution >= 4 is 0 Å². The number of hydrogen-bond acceptors (Lipinski definition) is 6. The van der Waals surface area contributed by atoms with Crippen molar-refractivity contribution < 1.29 is 47.7 Å². The summed E-state index contributed by atoms with van der Waals surface area (Å²) in [5, 5.41) is 17.3. The molecule has 0 heterocycles. The van der Waals surface area contributed by atoms with E-state index in [9.17, 15) is 0 Å². The average Bonchev–Trinajstić information content (AvgIpc) is 2.34. The van der Waals surface area contributed by atoms with E-state index in [0.717, 1.165) is 0 Å². The number of aromatic hydroxyl groups is 2. The molecular formula is C12H26MoN4O5-6. The van der Waals surface area contributed by atoms with E-state index >= 15 is 0 Å². The molecule has 0 aliphatic heterocycles. The molecule has 136 valence electrons. The van der Waals surface area contributed by atoms with Crippen LogP contribution >= 0.6 is 0 Å².